The predicted octanol–water partition coefficient (Wildman–Crippen LogP) is 1.19. The molecule has 0 aliphatic heterocycles. The lowest BCUT2D eigenvalue weighted by Gasteiger charge is -2.46. The van der Waals surface area contributed by atoms with Crippen molar-refractivity contribution in [1.29, 1.82) is 0 Å². The monoisotopic (exact) mass is 565 g/mol. The third-order valence-electron chi connectivity index (χ3n) is 8.29. The number of phenolic OH excluding ortho intramolecular Hbond substituents is 3. The topological polar surface area (TPSA) is 214 Å². The Kier molecular flexibility index (Phi) is 6.71. The summed E-state index contributed by atoms with van der Waals surface area (Å²) in [6, 6.07) is 6.13. The van der Waals surface area contributed by atoms with E-state index >= 15 is 0 Å². The molecule has 1 fully saturated rings. The molecule has 3 aliphatic carbocycles. The van der Waals surface area contributed by atoms with Crippen molar-refractivity contribution in [3.63, 3.8) is 0 Å². The molecule has 1 saturated carbocycles. The molecule has 3 atom stereocenters. The van der Waals surface area contributed by atoms with E-state index in [-0.39, 0.29) is 60.7 Å². The van der Waals surface area contributed by atoms with Crippen molar-refractivity contribution in [2.45, 2.75) is 38.0 Å². The molecule has 1 amide bonds. The number of nitrogens with two attached hydrogens (primary N) is 1. The number of aromatic hydroxyl groups is 3. The van der Waals surface area contributed by atoms with Gasteiger partial charge >= 0.3 is 0 Å². The number of anilines is 1. The van der Waals surface area contributed by atoms with Crippen molar-refractivity contribution in [2.75, 3.05) is 19.0 Å². The normalized spacial score (nSPS) is 23.7. The molecule has 0 aromatic heterocycles. The van der Waals surface area contributed by atoms with Crippen molar-refractivity contribution in [3.05, 3.63) is 63.4 Å². The smallest absolute Gasteiger partial charge is 0.255 e. The lowest BCUT2D eigenvalue weighted by Crippen LogP contribution is -2.58. The highest BCUT2D eigenvalue weighted by Crippen LogP contribution is 2.53. The van der Waals surface area contributed by atoms with Gasteiger partial charge in [0.25, 0.3) is 5.91 Å². The number of rotatable bonds is 6. The number of primary amides is 1. The van der Waals surface area contributed by atoms with Crippen molar-refractivity contribution >= 4 is 28.9 Å². The van der Waals surface area contributed by atoms with Crippen molar-refractivity contribution in [2.24, 2.45) is 17.6 Å². The summed E-state index contributed by atoms with van der Waals surface area (Å²) in [5.41, 5.74) is 3.91. The van der Waals surface area contributed by atoms with Gasteiger partial charge in [0.05, 0.1) is 5.56 Å². The number of hydrogen-bond donors (Lipinski definition) is 8. The molecule has 2 aromatic carbocycles. The summed E-state index contributed by atoms with van der Waals surface area (Å²) in [6.45, 7) is 0.400. The third-order valence-corrected chi connectivity index (χ3v) is 8.29. The minimum Gasteiger partial charge on any atom is -0.508 e. The number of ketones is 2. The zero-order chi connectivity index (χ0) is 30.0. The Morgan fingerprint density at radius 2 is 1.76 bits per heavy atom. The van der Waals surface area contributed by atoms with Crippen LogP contribution < -0.4 is 16.0 Å². The van der Waals surface area contributed by atoms with Gasteiger partial charge < -0.3 is 46.6 Å². The van der Waals surface area contributed by atoms with Crippen LogP contribution in [0.2, 0.25) is 0 Å². The average molecular weight is 566 g/mol. The number of aliphatic hydroxyl groups excluding tert-OH is 2. The van der Waals surface area contributed by atoms with E-state index in [0.29, 0.717) is 22.4 Å². The number of fused-ring (bicyclic) bond motifs is 3. The first-order valence-corrected chi connectivity index (χ1v) is 13.0. The highest BCUT2D eigenvalue weighted by atomic mass is 16.3. The van der Waals surface area contributed by atoms with Crippen LogP contribution in [0.5, 0.6) is 17.2 Å². The van der Waals surface area contributed by atoms with E-state index in [2.05, 4.69) is 5.32 Å². The first-order chi connectivity index (χ1) is 19.3. The minimum absolute atomic E-state index is 0.0161. The molecule has 5 rings (SSSR count). The molecule has 0 radical (unpaired) electrons. The fraction of sp³-hybridized carbons (Fsp3) is 0.345. The zero-order valence-corrected chi connectivity index (χ0v) is 22.4. The number of amides is 1. The first-order valence-electron chi connectivity index (χ1n) is 13.0. The number of hydrogen-bond acceptors (Lipinski definition) is 11. The van der Waals surface area contributed by atoms with Gasteiger partial charge in [-0.2, -0.15) is 0 Å². The summed E-state index contributed by atoms with van der Waals surface area (Å²) in [5.74, 6) is -7.21. The molecule has 9 N–H and O–H groups in total. The Morgan fingerprint density at radius 3 is 2.39 bits per heavy atom. The molecule has 0 saturated heterocycles. The van der Waals surface area contributed by atoms with Gasteiger partial charge in [-0.1, -0.05) is 6.07 Å². The second kappa shape index (κ2) is 9.82. The summed E-state index contributed by atoms with van der Waals surface area (Å²) in [6.07, 6.45) is -0.119. The van der Waals surface area contributed by atoms with Crippen LogP contribution in [0.1, 0.15) is 35.1 Å². The average Bonchev–Trinajstić information content (AvgIpc) is 2.89. The Morgan fingerprint density at radius 1 is 1.05 bits per heavy atom. The number of phenols is 3. The van der Waals surface area contributed by atoms with Crippen LogP contribution in [0.25, 0.3) is 5.76 Å². The van der Waals surface area contributed by atoms with Gasteiger partial charge in [-0.25, -0.2) is 0 Å². The van der Waals surface area contributed by atoms with Crippen LogP contribution in [0, 0.1) is 11.8 Å². The molecule has 0 heterocycles. The van der Waals surface area contributed by atoms with E-state index in [9.17, 15) is 45.0 Å². The molecule has 0 bridgehead atoms. The molecule has 216 valence electrons. The van der Waals surface area contributed by atoms with Crippen LogP contribution in [-0.2, 0) is 33.9 Å². The molecule has 0 spiro atoms. The predicted molar refractivity (Wildman–Crippen MR) is 146 cm³/mol. The summed E-state index contributed by atoms with van der Waals surface area (Å²) in [7, 11) is 3.58. The Balaban J connectivity index is 1.56. The van der Waals surface area contributed by atoms with E-state index in [0.717, 1.165) is 0 Å². The molecule has 3 aliphatic rings. The maximum absolute atomic E-state index is 13.7. The lowest BCUT2D eigenvalue weighted by molar-refractivity contribution is -0.147. The zero-order valence-electron chi connectivity index (χ0n) is 22.4. The Hall–Kier alpha value is -4.55. The van der Waals surface area contributed by atoms with E-state index in [1.54, 1.807) is 31.1 Å². The van der Waals surface area contributed by atoms with E-state index in [4.69, 9.17) is 5.73 Å². The van der Waals surface area contributed by atoms with Crippen LogP contribution in [-0.4, -0.2) is 67.8 Å². The number of Topliss-reactive ketones (excluding diaryl/α,β-unsaturated/α-hetero) is 2. The van der Waals surface area contributed by atoms with Crippen LogP contribution in [0.15, 0.2) is 41.2 Å². The van der Waals surface area contributed by atoms with E-state index in [1.165, 1.54) is 12.1 Å². The summed E-state index contributed by atoms with van der Waals surface area (Å²) >= 11 is 0. The largest absolute Gasteiger partial charge is 0.508 e. The highest BCUT2D eigenvalue weighted by Gasteiger charge is 2.60. The molecule has 2 aromatic rings. The van der Waals surface area contributed by atoms with Crippen molar-refractivity contribution in [3.8, 4) is 17.2 Å². The number of nitrogens with one attached hydrogen (secondary N) is 1. The molecule has 12 heteroatoms. The second-order valence-corrected chi connectivity index (χ2v) is 11.0. The lowest BCUT2D eigenvalue weighted by atomic mass is 9.59. The van der Waals surface area contributed by atoms with Crippen LogP contribution in [0.4, 0.5) is 5.69 Å². The summed E-state index contributed by atoms with van der Waals surface area (Å²) in [5, 5.41) is 67.3. The van der Waals surface area contributed by atoms with Gasteiger partial charge in [0.15, 0.2) is 22.9 Å². The maximum atomic E-state index is 13.7. The van der Waals surface area contributed by atoms with Gasteiger partial charge in [-0.15, -0.1) is 0 Å². The van der Waals surface area contributed by atoms with Gasteiger partial charge in [-0.05, 0) is 48.1 Å². The van der Waals surface area contributed by atoms with Crippen LogP contribution >= 0.6 is 0 Å². The Labute approximate surface area is 234 Å². The standard InChI is InChI=1S/C29H31N3O9/c1-32(2)17-8-14(11-31-10-12-3-4-18(33)19(34)5-12)24(36)22-16(17)7-13-6-15-9-20(35)23(28(30)40)27(39)29(15,41)26(38)21(13)25(22)37/h3-5,8,13,15,31,33-34,36-37,39,41H,6-7,9-11H2,1-2H3,(H2,30,40)/t13?,15-,29-/m0/s1. The molecular formula is C29H31N3O9. The molecule has 41 heavy (non-hydrogen) atoms. The fourth-order valence-electron chi connectivity index (χ4n) is 6.28. The summed E-state index contributed by atoms with van der Waals surface area (Å²) < 4.78 is 0. The van der Waals surface area contributed by atoms with Gasteiger partial charge in [-0.3, -0.25) is 14.4 Å². The van der Waals surface area contributed by atoms with Gasteiger partial charge in [0.1, 0.15) is 22.8 Å². The van der Waals surface area contributed by atoms with E-state index in [1.807, 2.05) is 0 Å². The number of benzene rings is 2. The van der Waals surface area contributed by atoms with Crippen molar-refractivity contribution in [1.82, 2.24) is 5.32 Å². The number of aliphatic hydroxyl groups is 3. The van der Waals surface area contributed by atoms with E-state index < -0.39 is 52.0 Å². The quantitative estimate of drug-likeness (QED) is 0.184. The first kappa shape index (κ1) is 28.0. The molecule has 12 nitrogen and oxygen atoms in total. The third kappa shape index (κ3) is 4.26. The number of nitrogens with zero attached hydrogens (tertiary/aromatic N) is 1. The Bertz CT molecular complexity index is 1580. The number of carbonyl (C=O) groups is 3. The van der Waals surface area contributed by atoms with Crippen LogP contribution in [0.3, 0.4) is 0 Å². The van der Waals surface area contributed by atoms with Gasteiger partial charge in [0, 0.05) is 56.3 Å². The number of carbonyl (C=O) groups excluding carboxylic acids is 3. The molecular weight excluding hydrogens is 534 g/mol. The molecule has 1 unspecified atom stereocenters. The maximum Gasteiger partial charge on any atom is 0.255 e. The van der Waals surface area contributed by atoms with Gasteiger partial charge in [0.2, 0.25) is 5.78 Å². The highest BCUT2D eigenvalue weighted by molar-refractivity contribution is 6.22. The fourth-order valence-corrected chi connectivity index (χ4v) is 6.28. The summed E-state index contributed by atoms with van der Waals surface area (Å²) in [4.78, 5) is 39.9. The minimum atomic E-state index is -2.62. The second-order valence-electron chi connectivity index (χ2n) is 11.0. The van der Waals surface area contributed by atoms with Crippen molar-refractivity contribution < 1.29 is 45.0 Å². The SMILES string of the molecule is CN(C)c1cc(CNCc2ccc(O)c(O)c2)c(O)c2c1CC1C[C@H]3CC(=O)C(C(N)=O)=C(O)[C@@]3(O)C(=O)C1=C2O.